The Morgan fingerprint density at radius 1 is 0.974 bits per heavy atom. The normalized spacial score (nSPS) is 19.8. The number of hydrogen-bond acceptors (Lipinski definition) is 6. The van der Waals surface area contributed by atoms with Gasteiger partial charge in [-0.3, -0.25) is 9.59 Å². The molecule has 3 aromatic carbocycles. The van der Waals surface area contributed by atoms with Crippen LogP contribution in [0.4, 0.5) is 0 Å². The molecule has 5 rings (SSSR count). The number of amides is 1. The van der Waals surface area contributed by atoms with E-state index in [-0.39, 0.29) is 24.0 Å². The van der Waals surface area contributed by atoms with Crippen molar-refractivity contribution < 1.29 is 28.9 Å². The first-order chi connectivity index (χ1) is 18.4. The van der Waals surface area contributed by atoms with Crippen LogP contribution < -0.4 is 14.2 Å². The number of carbonyl (C=O) groups excluding carboxylic acids is 2. The van der Waals surface area contributed by atoms with Crippen molar-refractivity contribution >= 4 is 17.4 Å². The van der Waals surface area contributed by atoms with Crippen molar-refractivity contribution in [2.24, 2.45) is 0 Å². The average molecular weight is 514 g/mol. The molecule has 2 atom stereocenters. The minimum atomic E-state index is -0.812. The first-order valence-corrected chi connectivity index (χ1v) is 12.9. The summed E-state index contributed by atoms with van der Waals surface area (Å²) in [5.41, 5.74) is 2.99. The highest BCUT2D eigenvalue weighted by Gasteiger charge is 2.46. The van der Waals surface area contributed by atoms with E-state index in [1.807, 2.05) is 63.2 Å². The van der Waals surface area contributed by atoms with E-state index in [1.54, 1.807) is 24.3 Å². The predicted octanol–water partition coefficient (Wildman–Crippen LogP) is 5.43. The fourth-order valence-corrected chi connectivity index (χ4v) is 5.13. The topological polar surface area (TPSA) is 85.3 Å². The molecule has 0 radical (unpaired) electrons. The summed E-state index contributed by atoms with van der Waals surface area (Å²) in [4.78, 5) is 28.4. The molecule has 2 heterocycles. The van der Waals surface area contributed by atoms with Crippen molar-refractivity contribution in [1.29, 1.82) is 0 Å². The van der Waals surface area contributed by atoms with Crippen LogP contribution in [0.1, 0.15) is 49.1 Å². The number of fused-ring (bicyclic) bond motifs is 1. The molecule has 2 aliphatic rings. The lowest BCUT2D eigenvalue weighted by Gasteiger charge is -2.26. The molecule has 0 saturated carbocycles. The number of hydrogen-bond donors (Lipinski definition) is 1. The van der Waals surface area contributed by atoms with Gasteiger partial charge in [0.2, 0.25) is 0 Å². The lowest BCUT2D eigenvalue weighted by molar-refractivity contribution is -0.140. The molecular weight excluding hydrogens is 482 g/mol. The molecule has 2 unspecified atom stereocenters. The van der Waals surface area contributed by atoms with Crippen LogP contribution in [0.3, 0.4) is 0 Å². The first kappa shape index (κ1) is 25.4. The summed E-state index contributed by atoms with van der Waals surface area (Å²) >= 11 is 0. The van der Waals surface area contributed by atoms with E-state index < -0.39 is 17.7 Å². The summed E-state index contributed by atoms with van der Waals surface area (Å²) in [5.74, 6) is 0.263. The largest absolute Gasteiger partial charge is 0.507 e. The van der Waals surface area contributed by atoms with E-state index in [1.165, 1.54) is 4.90 Å². The number of carbonyl (C=O) groups is 2. The second kappa shape index (κ2) is 10.6. The van der Waals surface area contributed by atoms with Gasteiger partial charge < -0.3 is 24.2 Å². The minimum Gasteiger partial charge on any atom is -0.507 e. The highest BCUT2D eigenvalue weighted by atomic mass is 16.5. The number of ether oxygens (including phenoxy) is 3. The molecule has 7 nitrogen and oxygen atoms in total. The van der Waals surface area contributed by atoms with Crippen molar-refractivity contribution in [2.45, 2.75) is 45.9 Å². The molecule has 0 spiro atoms. The van der Waals surface area contributed by atoms with Gasteiger partial charge in [0.25, 0.3) is 11.7 Å². The Morgan fingerprint density at radius 2 is 1.71 bits per heavy atom. The second-order valence-electron chi connectivity index (χ2n) is 9.44. The van der Waals surface area contributed by atoms with Gasteiger partial charge in [0.15, 0.2) is 11.5 Å². The standard InChI is InChI=1S/C31H31NO6/c1-4-36-25-14-11-21(17-26(25)37-5-2)28-27(29(33)22-12-13-24-23(16-22)15-19(3)38-24)30(34)31(35)32(28)18-20-9-7-6-8-10-20/h6-14,16-17,19,28,33H,4-5,15,18H2,1-3H3/b29-27-. The molecule has 0 bridgehead atoms. The van der Waals surface area contributed by atoms with Gasteiger partial charge in [0, 0.05) is 18.5 Å². The molecule has 196 valence electrons. The molecule has 3 aromatic rings. The molecule has 1 amide bonds. The van der Waals surface area contributed by atoms with Crippen LogP contribution in [0.5, 0.6) is 17.2 Å². The lowest BCUT2D eigenvalue weighted by atomic mass is 9.94. The predicted molar refractivity (Wildman–Crippen MR) is 143 cm³/mol. The molecule has 38 heavy (non-hydrogen) atoms. The Kier molecular flexibility index (Phi) is 7.09. The first-order valence-electron chi connectivity index (χ1n) is 12.9. The Hall–Kier alpha value is -4.26. The summed E-state index contributed by atoms with van der Waals surface area (Å²) in [5, 5.41) is 11.5. The fourth-order valence-electron chi connectivity index (χ4n) is 5.13. The second-order valence-corrected chi connectivity index (χ2v) is 9.44. The molecule has 1 fully saturated rings. The maximum atomic E-state index is 13.5. The van der Waals surface area contributed by atoms with Crippen LogP contribution in [0, 0.1) is 0 Å². The van der Waals surface area contributed by atoms with Gasteiger partial charge in [-0.1, -0.05) is 36.4 Å². The molecule has 1 saturated heterocycles. The Morgan fingerprint density at radius 3 is 2.45 bits per heavy atom. The number of aliphatic hydroxyl groups excluding tert-OH is 1. The molecule has 0 aromatic heterocycles. The van der Waals surface area contributed by atoms with Gasteiger partial charge in [-0.25, -0.2) is 0 Å². The molecule has 2 aliphatic heterocycles. The maximum absolute atomic E-state index is 13.5. The third kappa shape index (κ3) is 4.72. The number of benzene rings is 3. The highest BCUT2D eigenvalue weighted by Crippen LogP contribution is 2.43. The third-order valence-electron chi connectivity index (χ3n) is 6.79. The van der Waals surface area contributed by atoms with Crippen LogP contribution in [0.15, 0.2) is 72.3 Å². The Balaban J connectivity index is 1.65. The van der Waals surface area contributed by atoms with Crippen molar-refractivity contribution in [3.05, 3.63) is 94.6 Å². The fraction of sp³-hybridized carbons (Fsp3) is 0.290. The minimum absolute atomic E-state index is 0.0414. The molecule has 7 heteroatoms. The zero-order valence-electron chi connectivity index (χ0n) is 21.8. The van der Waals surface area contributed by atoms with Crippen molar-refractivity contribution in [3.8, 4) is 17.2 Å². The molecule has 0 aliphatic carbocycles. The number of likely N-dealkylation sites (tertiary alicyclic amines) is 1. The average Bonchev–Trinajstić information content (AvgIpc) is 3.41. The van der Waals surface area contributed by atoms with E-state index in [0.717, 1.165) is 16.9 Å². The Bertz CT molecular complexity index is 1400. The number of nitrogens with zero attached hydrogens (tertiary/aromatic N) is 1. The van der Waals surface area contributed by atoms with Crippen LogP contribution >= 0.6 is 0 Å². The Labute approximate surface area is 222 Å². The van der Waals surface area contributed by atoms with E-state index in [0.29, 0.717) is 42.3 Å². The van der Waals surface area contributed by atoms with E-state index in [2.05, 4.69) is 0 Å². The maximum Gasteiger partial charge on any atom is 0.295 e. The summed E-state index contributed by atoms with van der Waals surface area (Å²) < 4.78 is 17.3. The highest BCUT2D eigenvalue weighted by molar-refractivity contribution is 6.46. The van der Waals surface area contributed by atoms with Crippen LogP contribution in [-0.2, 0) is 22.6 Å². The van der Waals surface area contributed by atoms with Gasteiger partial charge in [0.1, 0.15) is 17.6 Å². The van der Waals surface area contributed by atoms with Crippen LogP contribution in [-0.4, -0.2) is 41.0 Å². The van der Waals surface area contributed by atoms with Crippen molar-refractivity contribution in [2.75, 3.05) is 13.2 Å². The number of aliphatic hydroxyl groups is 1. The van der Waals surface area contributed by atoms with Crippen molar-refractivity contribution in [1.82, 2.24) is 4.90 Å². The lowest BCUT2D eigenvalue weighted by Crippen LogP contribution is -2.29. The zero-order chi connectivity index (χ0) is 26.8. The summed E-state index contributed by atoms with van der Waals surface area (Å²) in [6.45, 7) is 6.84. The van der Waals surface area contributed by atoms with E-state index >= 15 is 0 Å². The van der Waals surface area contributed by atoms with Gasteiger partial charge in [-0.2, -0.15) is 0 Å². The monoisotopic (exact) mass is 513 g/mol. The molecular formula is C31H31NO6. The van der Waals surface area contributed by atoms with Crippen molar-refractivity contribution in [3.63, 3.8) is 0 Å². The summed E-state index contributed by atoms with van der Waals surface area (Å²) in [6, 6.07) is 19.4. The van der Waals surface area contributed by atoms with Gasteiger partial charge in [-0.15, -0.1) is 0 Å². The van der Waals surface area contributed by atoms with Gasteiger partial charge in [0.05, 0.1) is 24.8 Å². The number of Topliss-reactive ketones (excluding diaryl/α,β-unsaturated/α-hetero) is 1. The smallest absolute Gasteiger partial charge is 0.295 e. The van der Waals surface area contributed by atoms with E-state index in [4.69, 9.17) is 14.2 Å². The number of rotatable bonds is 8. The van der Waals surface area contributed by atoms with Crippen LogP contribution in [0.2, 0.25) is 0 Å². The number of ketones is 1. The third-order valence-corrected chi connectivity index (χ3v) is 6.79. The SMILES string of the molecule is CCOc1ccc(C2/C(=C(/O)c3ccc4c(c3)CC(C)O4)C(=O)C(=O)N2Cc2ccccc2)cc1OCC. The van der Waals surface area contributed by atoms with Crippen LogP contribution in [0.25, 0.3) is 5.76 Å². The summed E-state index contributed by atoms with van der Waals surface area (Å²) in [7, 11) is 0. The summed E-state index contributed by atoms with van der Waals surface area (Å²) in [6.07, 6.45) is 0.749. The zero-order valence-corrected chi connectivity index (χ0v) is 21.8. The van der Waals surface area contributed by atoms with E-state index in [9.17, 15) is 14.7 Å². The molecule has 1 N–H and O–H groups in total. The van der Waals surface area contributed by atoms with Gasteiger partial charge >= 0.3 is 0 Å². The quantitative estimate of drug-likeness (QED) is 0.246. The van der Waals surface area contributed by atoms with Gasteiger partial charge in [-0.05, 0) is 67.8 Å².